The van der Waals surface area contributed by atoms with Crippen molar-refractivity contribution in [3.8, 4) is 0 Å². The normalized spacial score (nSPS) is 13.0. The highest BCUT2D eigenvalue weighted by Crippen LogP contribution is 2.34. The van der Waals surface area contributed by atoms with E-state index in [0.29, 0.717) is 5.82 Å². The predicted octanol–water partition coefficient (Wildman–Crippen LogP) is 4.30. The van der Waals surface area contributed by atoms with Crippen molar-refractivity contribution < 1.29 is 4.42 Å². The van der Waals surface area contributed by atoms with E-state index < -0.39 is 0 Å². The van der Waals surface area contributed by atoms with E-state index in [1.165, 1.54) is 10.9 Å². The van der Waals surface area contributed by atoms with E-state index >= 15 is 0 Å². The monoisotopic (exact) mass is 395 g/mol. The molecule has 21 heavy (non-hydrogen) atoms. The highest BCUT2D eigenvalue weighted by atomic mass is 127. The van der Waals surface area contributed by atoms with E-state index in [9.17, 15) is 0 Å². The Morgan fingerprint density at radius 3 is 2.71 bits per heavy atom. The lowest BCUT2D eigenvalue weighted by molar-refractivity contribution is 0.442. The van der Waals surface area contributed by atoms with Crippen LogP contribution in [0, 0.1) is 10.5 Å². The molecule has 2 N–H and O–H groups in total. The first-order chi connectivity index (χ1) is 10.0. The minimum Gasteiger partial charge on any atom is -0.458 e. The predicted molar refractivity (Wildman–Crippen MR) is 93.5 cm³/mol. The maximum absolute atomic E-state index is 6.18. The first-order valence-electron chi connectivity index (χ1n) is 7.05. The zero-order valence-electron chi connectivity index (χ0n) is 12.4. The molecule has 0 saturated carbocycles. The molecular weight excluding hydrogens is 377 g/mol. The molecule has 1 atom stereocenters. The van der Waals surface area contributed by atoms with Crippen molar-refractivity contribution in [3.63, 3.8) is 0 Å². The topological polar surface area (TPSA) is 57.0 Å². The molecule has 110 valence electrons. The SMILES string of the molecule is CCc1c(C(C)n2nc(C)c(I)c2N)oc2ccccc12. The number of fused-ring (bicyclic) bond motifs is 1. The average Bonchev–Trinajstić information content (AvgIpc) is 2.99. The number of nitrogens with zero attached hydrogens (tertiary/aromatic N) is 2. The third-order valence-electron chi connectivity index (χ3n) is 3.88. The Kier molecular flexibility index (Phi) is 3.69. The summed E-state index contributed by atoms with van der Waals surface area (Å²) in [6.45, 7) is 6.20. The number of hydrogen-bond donors (Lipinski definition) is 1. The lowest BCUT2D eigenvalue weighted by Crippen LogP contribution is -2.12. The lowest BCUT2D eigenvalue weighted by Gasteiger charge is -2.13. The number of hydrogen-bond acceptors (Lipinski definition) is 3. The van der Waals surface area contributed by atoms with Crippen molar-refractivity contribution in [3.05, 3.63) is 44.9 Å². The van der Waals surface area contributed by atoms with Crippen LogP contribution in [0.3, 0.4) is 0 Å². The van der Waals surface area contributed by atoms with Gasteiger partial charge in [-0.2, -0.15) is 5.10 Å². The number of anilines is 1. The van der Waals surface area contributed by atoms with Crippen LogP contribution in [0.1, 0.15) is 36.9 Å². The van der Waals surface area contributed by atoms with Gasteiger partial charge < -0.3 is 10.2 Å². The number of nitrogen functional groups attached to an aromatic ring is 1. The Morgan fingerprint density at radius 1 is 1.38 bits per heavy atom. The summed E-state index contributed by atoms with van der Waals surface area (Å²) in [4.78, 5) is 0. The number of aryl methyl sites for hydroxylation is 2. The number of rotatable bonds is 3. The van der Waals surface area contributed by atoms with Gasteiger partial charge >= 0.3 is 0 Å². The van der Waals surface area contributed by atoms with E-state index in [1.807, 2.05) is 29.8 Å². The van der Waals surface area contributed by atoms with Crippen LogP contribution in [0.5, 0.6) is 0 Å². The van der Waals surface area contributed by atoms with E-state index in [2.05, 4.69) is 47.6 Å². The summed E-state index contributed by atoms with van der Waals surface area (Å²) in [5, 5.41) is 5.74. The van der Waals surface area contributed by atoms with Gasteiger partial charge in [0.05, 0.1) is 9.26 Å². The fraction of sp³-hybridized carbons (Fsp3) is 0.312. The summed E-state index contributed by atoms with van der Waals surface area (Å²) in [6.07, 6.45) is 0.925. The van der Waals surface area contributed by atoms with Crippen LogP contribution in [0.25, 0.3) is 11.0 Å². The fourth-order valence-electron chi connectivity index (χ4n) is 2.77. The number of aromatic nitrogens is 2. The van der Waals surface area contributed by atoms with Crippen LogP contribution in [-0.4, -0.2) is 9.78 Å². The maximum Gasteiger partial charge on any atom is 0.136 e. The van der Waals surface area contributed by atoms with E-state index in [4.69, 9.17) is 10.2 Å². The summed E-state index contributed by atoms with van der Waals surface area (Å²) < 4.78 is 8.95. The minimum absolute atomic E-state index is 0.0189. The zero-order chi connectivity index (χ0) is 15.1. The molecule has 3 rings (SSSR count). The second kappa shape index (κ2) is 5.36. The molecule has 5 heteroatoms. The Labute approximate surface area is 137 Å². The quantitative estimate of drug-likeness (QED) is 0.673. The molecule has 0 aliphatic rings. The third-order valence-corrected chi connectivity index (χ3v) is 5.21. The molecule has 0 fully saturated rings. The molecule has 0 amide bonds. The highest BCUT2D eigenvalue weighted by Gasteiger charge is 2.23. The largest absolute Gasteiger partial charge is 0.458 e. The van der Waals surface area contributed by atoms with Crippen LogP contribution in [0.15, 0.2) is 28.7 Å². The van der Waals surface area contributed by atoms with Gasteiger partial charge in [-0.1, -0.05) is 25.1 Å². The van der Waals surface area contributed by atoms with Gasteiger partial charge in [0.15, 0.2) is 0 Å². The molecule has 0 aliphatic heterocycles. The summed E-state index contributed by atoms with van der Waals surface area (Å²) in [5.74, 6) is 1.65. The van der Waals surface area contributed by atoms with E-state index in [-0.39, 0.29) is 6.04 Å². The summed E-state index contributed by atoms with van der Waals surface area (Å²) >= 11 is 2.24. The van der Waals surface area contributed by atoms with Gasteiger partial charge in [0.1, 0.15) is 23.2 Å². The molecule has 1 aromatic carbocycles. The smallest absolute Gasteiger partial charge is 0.136 e. The van der Waals surface area contributed by atoms with Gasteiger partial charge in [0.25, 0.3) is 0 Å². The standard InChI is InChI=1S/C16H18IN3O/c1-4-11-12-7-5-6-8-13(12)21-15(11)10(3)20-16(18)14(17)9(2)19-20/h5-8,10H,4,18H2,1-3H3. The van der Waals surface area contributed by atoms with Crippen molar-refractivity contribution in [1.82, 2.24) is 9.78 Å². The van der Waals surface area contributed by atoms with Crippen LogP contribution >= 0.6 is 22.6 Å². The second-order valence-electron chi connectivity index (χ2n) is 5.20. The molecule has 0 radical (unpaired) electrons. The molecular formula is C16H18IN3O. The molecule has 4 nitrogen and oxygen atoms in total. The summed E-state index contributed by atoms with van der Waals surface area (Å²) in [7, 11) is 0. The molecule has 2 heterocycles. The van der Waals surface area contributed by atoms with Gasteiger partial charge in [0, 0.05) is 10.9 Å². The molecule has 0 saturated heterocycles. The fourth-order valence-corrected chi connectivity index (χ4v) is 3.13. The Morgan fingerprint density at radius 2 is 2.10 bits per heavy atom. The average molecular weight is 395 g/mol. The first kappa shape index (κ1) is 14.4. The minimum atomic E-state index is -0.0189. The Balaban J connectivity index is 2.17. The van der Waals surface area contributed by atoms with Gasteiger partial charge in [-0.25, -0.2) is 4.68 Å². The second-order valence-corrected chi connectivity index (χ2v) is 6.28. The van der Waals surface area contributed by atoms with Gasteiger partial charge in [0.2, 0.25) is 0 Å². The van der Waals surface area contributed by atoms with Crippen molar-refractivity contribution >= 4 is 39.4 Å². The number of para-hydroxylation sites is 1. The van der Waals surface area contributed by atoms with E-state index in [1.54, 1.807) is 0 Å². The third kappa shape index (κ3) is 2.23. The van der Waals surface area contributed by atoms with E-state index in [0.717, 1.165) is 27.0 Å². The van der Waals surface area contributed by atoms with Crippen molar-refractivity contribution in [2.75, 3.05) is 5.73 Å². The molecule has 2 aromatic heterocycles. The van der Waals surface area contributed by atoms with Gasteiger partial charge in [-0.05, 0) is 48.9 Å². The number of benzene rings is 1. The maximum atomic E-state index is 6.18. The van der Waals surface area contributed by atoms with Crippen molar-refractivity contribution in [2.24, 2.45) is 0 Å². The van der Waals surface area contributed by atoms with Crippen LogP contribution < -0.4 is 5.73 Å². The molecule has 3 aromatic rings. The zero-order valence-corrected chi connectivity index (χ0v) is 14.5. The van der Waals surface area contributed by atoms with Gasteiger partial charge in [-0.3, -0.25) is 0 Å². The summed E-state index contributed by atoms with van der Waals surface area (Å²) in [5.41, 5.74) is 9.29. The summed E-state index contributed by atoms with van der Waals surface area (Å²) in [6, 6.07) is 8.13. The van der Waals surface area contributed by atoms with Gasteiger partial charge in [-0.15, -0.1) is 0 Å². The Hall–Kier alpha value is -1.50. The molecule has 0 spiro atoms. The molecule has 0 bridgehead atoms. The van der Waals surface area contributed by atoms with Crippen molar-refractivity contribution in [1.29, 1.82) is 0 Å². The molecule has 0 aliphatic carbocycles. The lowest BCUT2D eigenvalue weighted by atomic mass is 10.1. The van der Waals surface area contributed by atoms with Crippen LogP contribution in [0.2, 0.25) is 0 Å². The van der Waals surface area contributed by atoms with Crippen molar-refractivity contribution in [2.45, 2.75) is 33.2 Å². The first-order valence-corrected chi connectivity index (χ1v) is 8.12. The number of furan rings is 1. The van der Waals surface area contributed by atoms with Crippen LogP contribution in [-0.2, 0) is 6.42 Å². The highest BCUT2D eigenvalue weighted by molar-refractivity contribution is 14.1. The number of halogens is 1. The van der Waals surface area contributed by atoms with Crippen LogP contribution in [0.4, 0.5) is 5.82 Å². The number of nitrogens with two attached hydrogens (primary N) is 1. The molecule has 1 unspecified atom stereocenters. The Bertz CT molecular complexity index is 803.